The molecule has 0 spiro atoms. The second kappa shape index (κ2) is 5.45. The Bertz CT molecular complexity index is 629. The van der Waals surface area contributed by atoms with E-state index in [0.29, 0.717) is 0 Å². The fourth-order valence-electron chi connectivity index (χ4n) is 1.16. The zero-order valence-corrected chi connectivity index (χ0v) is 11.3. The third-order valence-corrected chi connectivity index (χ3v) is 4.27. The molecule has 0 bridgehead atoms. The number of anilines is 1. The van der Waals surface area contributed by atoms with E-state index in [9.17, 15) is 18.0 Å². The highest BCUT2D eigenvalue weighted by atomic mass is 35.5. The number of amides is 1. The number of carboxylic acids is 1. The molecule has 9 heteroatoms. The topological polar surface area (TPSA) is 127 Å². The lowest BCUT2D eigenvalue weighted by Crippen LogP contribution is -2.32. The van der Waals surface area contributed by atoms with Gasteiger partial charge < -0.3 is 10.8 Å². The molecular weight excluding hydrogens is 296 g/mol. The number of carbonyl (C=O) groups excluding carboxylic acids is 1. The van der Waals surface area contributed by atoms with Crippen molar-refractivity contribution < 1.29 is 23.1 Å². The molecule has 1 rings (SSSR count). The SMILES string of the molecule is CC(C(=O)O)S(=O)(=O)Nc1ccc(C(N)=O)c(Cl)c1. The third-order valence-electron chi connectivity index (χ3n) is 2.31. The molecule has 1 aromatic rings. The first-order valence-electron chi connectivity index (χ1n) is 4.99. The number of benzene rings is 1. The Morgan fingerprint density at radius 2 is 2.00 bits per heavy atom. The van der Waals surface area contributed by atoms with E-state index >= 15 is 0 Å². The normalized spacial score (nSPS) is 12.7. The lowest BCUT2D eigenvalue weighted by Gasteiger charge is -2.12. The van der Waals surface area contributed by atoms with E-state index in [1.165, 1.54) is 18.2 Å². The van der Waals surface area contributed by atoms with Gasteiger partial charge in [0.1, 0.15) is 0 Å². The van der Waals surface area contributed by atoms with Crippen molar-refractivity contribution in [3.8, 4) is 0 Å². The van der Waals surface area contributed by atoms with Crippen LogP contribution in [0.15, 0.2) is 18.2 Å². The molecule has 7 nitrogen and oxygen atoms in total. The van der Waals surface area contributed by atoms with E-state index in [2.05, 4.69) is 4.72 Å². The second-order valence-electron chi connectivity index (χ2n) is 3.69. The number of hydrogen-bond donors (Lipinski definition) is 3. The molecule has 1 atom stereocenters. The van der Waals surface area contributed by atoms with Crippen molar-refractivity contribution in [1.82, 2.24) is 0 Å². The molecule has 0 saturated carbocycles. The van der Waals surface area contributed by atoms with Crippen molar-refractivity contribution in [1.29, 1.82) is 0 Å². The molecule has 19 heavy (non-hydrogen) atoms. The van der Waals surface area contributed by atoms with Crippen LogP contribution in [0.1, 0.15) is 17.3 Å². The number of hydrogen-bond acceptors (Lipinski definition) is 4. The van der Waals surface area contributed by atoms with Crippen LogP contribution in [0.5, 0.6) is 0 Å². The summed E-state index contributed by atoms with van der Waals surface area (Å²) in [5.74, 6) is -2.23. The standard InChI is InChI=1S/C10H11ClN2O5S/c1-5(10(15)16)19(17,18)13-6-2-3-7(9(12)14)8(11)4-6/h2-5,13H,1H3,(H2,12,14)(H,15,16). The van der Waals surface area contributed by atoms with Gasteiger partial charge in [-0.15, -0.1) is 0 Å². The highest BCUT2D eigenvalue weighted by Crippen LogP contribution is 2.22. The van der Waals surface area contributed by atoms with E-state index in [-0.39, 0.29) is 16.3 Å². The molecule has 0 aromatic heterocycles. The van der Waals surface area contributed by atoms with Crippen LogP contribution in [0.2, 0.25) is 5.02 Å². The Morgan fingerprint density at radius 1 is 1.42 bits per heavy atom. The zero-order chi connectivity index (χ0) is 14.8. The van der Waals surface area contributed by atoms with E-state index in [0.717, 1.165) is 6.92 Å². The summed E-state index contributed by atoms with van der Waals surface area (Å²) in [6.45, 7) is 1.03. The third kappa shape index (κ3) is 3.58. The minimum Gasteiger partial charge on any atom is -0.480 e. The summed E-state index contributed by atoms with van der Waals surface area (Å²) >= 11 is 5.74. The van der Waals surface area contributed by atoms with Gasteiger partial charge in [-0.2, -0.15) is 0 Å². The number of primary amides is 1. The summed E-state index contributed by atoms with van der Waals surface area (Å²) < 4.78 is 25.4. The van der Waals surface area contributed by atoms with Gasteiger partial charge in [0.25, 0.3) is 0 Å². The molecule has 0 heterocycles. The molecular formula is C10H11ClN2O5S. The fourth-order valence-corrected chi connectivity index (χ4v) is 2.34. The van der Waals surface area contributed by atoms with Crippen LogP contribution in [-0.4, -0.2) is 30.7 Å². The van der Waals surface area contributed by atoms with Crippen LogP contribution < -0.4 is 10.5 Å². The van der Waals surface area contributed by atoms with Gasteiger partial charge in [0.2, 0.25) is 15.9 Å². The average Bonchev–Trinajstić information content (AvgIpc) is 2.26. The van der Waals surface area contributed by atoms with E-state index < -0.39 is 27.1 Å². The Kier molecular flexibility index (Phi) is 4.38. The molecule has 1 unspecified atom stereocenters. The van der Waals surface area contributed by atoms with Crippen molar-refractivity contribution in [2.24, 2.45) is 5.73 Å². The lowest BCUT2D eigenvalue weighted by molar-refractivity contribution is -0.136. The minimum atomic E-state index is -4.09. The first-order valence-corrected chi connectivity index (χ1v) is 6.91. The van der Waals surface area contributed by atoms with E-state index in [4.69, 9.17) is 22.4 Å². The van der Waals surface area contributed by atoms with Crippen LogP contribution in [-0.2, 0) is 14.8 Å². The van der Waals surface area contributed by atoms with Gasteiger partial charge in [-0.3, -0.25) is 14.3 Å². The highest BCUT2D eigenvalue weighted by molar-refractivity contribution is 7.94. The number of rotatable bonds is 5. The quantitative estimate of drug-likeness (QED) is 0.736. The molecule has 4 N–H and O–H groups in total. The van der Waals surface area contributed by atoms with Gasteiger partial charge in [-0.1, -0.05) is 11.6 Å². The average molecular weight is 307 g/mol. The van der Waals surface area contributed by atoms with Crippen molar-refractivity contribution in [2.75, 3.05) is 4.72 Å². The number of nitrogens with two attached hydrogens (primary N) is 1. The summed E-state index contributed by atoms with van der Waals surface area (Å²) in [7, 11) is -4.09. The second-order valence-corrected chi connectivity index (χ2v) is 6.09. The lowest BCUT2D eigenvalue weighted by atomic mass is 10.2. The number of nitrogens with one attached hydrogen (secondary N) is 1. The number of aliphatic carboxylic acids is 1. The smallest absolute Gasteiger partial charge is 0.323 e. The van der Waals surface area contributed by atoms with Crippen molar-refractivity contribution in [3.63, 3.8) is 0 Å². The Hall–Kier alpha value is -1.80. The van der Waals surface area contributed by atoms with Crippen LogP contribution in [0.4, 0.5) is 5.69 Å². The van der Waals surface area contributed by atoms with Gasteiger partial charge in [-0.05, 0) is 25.1 Å². The van der Waals surface area contributed by atoms with Gasteiger partial charge in [0.05, 0.1) is 16.3 Å². The predicted molar refractivity (Wildman–Crippen MR) is 69.6 cm³/mol. The minimum absolute atomic E-state index is 0.0318. The maximum Gasteiger partial charge on any atom is 0.323 e. The van der Waals surface area contributed by atoms with Gasteiger partial charge in [-0.25, -0.2) is 8.42 Å². The molecule has 0 fully saturated rings. The van der Waals surface area contributed by atoms with Crippen LogP contribution >= 0.6 is 11.6 Å². The van der Waals surface area contributed by atoms with Crippen LogP contribution in [0, 0.1) is 0 Å². The molecule has 0 aliphatic carbocycles. The first kappa shape index (κ1) is 15.3. The maximum atomic E-state index is 11.6. The van der Waals surface area contributed by atoms with E-state index in [1.54, 1.807) is 0 Å². The first-order chi connectivity index (χ1) is 8.65. The number of halogens is 1. The molecule has 0 radical (unpaired) electrons. The van der Waals surface area contributed by atoms with Crippen molar-refractivity contribution >= 4 is 39.2 Å². The predicted octanol–water partition coefficient (Wildman–Crippen LogP) is 0.654. The molecule has 0 aliphatic heterocycles. The number of carbonyl (C=O) groups is 2. The summed E-state index contributed by atoms with van der Waals surface area (Å²) in [6.07, 6.45) is 0. The molecule has 1 amide bonds. The Labute approximate surface area is 114 Å². The Balaban J connectivity index is 3.05. The molecule has 0 saturated heterocycles. The largest absolute Gasteiger partial charge is 0.480 e. The van der Waals surface area contributed by atoms with Crippen LogP contribution in [0.25, 0.3) is 0 Å². The van der Waals surface area contributed by atoms with Crippen molar-refractivity contribution in [3.05, 3.63) is 28.8 Å². The monoisotopic (exact) mass is 306 g/mol. The Morgan fingerprint density at radius 3 is 2.42 bits per heavy atom. The zero-order valence-electron chi connectivity index (χ0n) is 9.75. The molecule has 0 aliphatic rings. The van der Waals surface area contributed by atoms with E-state index in [1.807, 2.05) is 0 Å². The summed E-state index contributed by atoms with van der Waals surface area (Å²) in [5.41, 5.74) is 5.12. The summed E-state index contributed by atoms with van der Waals surface area (Å²) in [5, 5.41) is 7.01. The van der Waals surface area contributed by atoms with Crippen LogP contribution in [0.3, 0.4) is 0 Å². The maximum absolute atomic E-state index is 11.6. The van der Waals surface area contributed by atoms with Crippen molar-refractivity contribution in [2.45, 2.75) is 12.2 Å². The molecule has 104 valence electrons. The van der Waals surface area contributed by atoms with Gasteiger partial charge in [0.15, 0.2) is 5.25 Å². The summed E-state index contributed by atoms with van der Waals surface area (Å²) in [6, 6.07) is 3.68. The number of carboxylic acid groups (broad SMARTS) is 1. The highest BCUT2D eigenvalue weighted by Gasteiger charge is 2.27. The fraction of sp³-hybridized carbons (Fsp3) is 0.200. The van der Waals surface area contributed by atoms with Gasteiger partial charge in [0, 0.05) is 0 Å². The molecule has 1 aromatic carbocycles. The summed E-state index contributed by atoms with van der Waals surface area (Å²) in [4.78, 5) is 21.6. The number of sulfonamides is 1. The van der Waals surface area contributed by atoms with Gasteiger partial charge >= 0.3 is 5.97 Å².